The van der Waals surface area contributed by atoms with Gasteiger partial charge in [0.2, 0.25) is 0 Å². The minimum Gasteiger partial charge on any atom is -0.454 e. The van der Waals surface area contributed by atoms with Crippen molar-refractivity contribution in [3.8, 4) is 22.8 Å². The quantitative estimate of drug-likeness (QED) is 0.544. The van der Waals surface area contributed by atoms with Gasteiger partial charge in [-0.1, -0.05) is 23.2 Å². The van der Waals surface area contributed by atoms with E-state index in [1.807, 2.05) is 12.1 Å². The maximum absolute atomic E-state index is 7.36. The molecule has 3 N–H and O–H groups in total. The highest BCUT2D eigenvalue weighted by Crippen LogP contribution is 2.33. The number of nitrogens with zero attached hydrogens (tertiary/aromatic N) is 1. The molecule has 2 aromatic heterocycles. The lowest BCUT2D eigenvalue weighted by atomic mass is 10.2. The minimum atomic E-state index is -0.0212. The van der Waals surface area contributed by atoms with Crippen molar-refractivity contribution in [1.29, 1.82) is 5.41 Å². The van der Waals surface area contributed by atoms with Gasteiger partial charge in [-0.25, -0.2) is 0 Å². The van der Waals surface area contributed by atoms with E-state index in [1.54, 1.807) is 30.3 Å². The van der Waals surface area contributed by atoms with Crippen molar-refractivity contribution in [2.24, 2.45) is 5.73 Å². The predicted octanol–water partition coefficient (Wildman–Crippen LogP) is 4.60. The third-order valence-electron chi connectivity index (χ3n) is 3.13. The highest BCUT2D eigenvalue weighted by atomic mass is 35.5. The number of furan rings is 1. The van der Waals surface area contributed by atoms with Gasteiger partial charge in [-0.3, -0.25) is 10.4 Å². The molecule has 0 aliphatic heterocycles. The molecule has 0 bridgehead atoms. The number of hydrogen-bond donors (Lipinski definition) is 2. The van der Waals surface area contributed by atoms with Crippen molar-refractivity contribution in [2.75, 3.05) is 0 Å². The van der Waals surface area contributed by atoms with E-state index in [0.29, 0.717) is 32.8 Å². The molecular weight excluding hydrogens is 321 g/mol. The van der Waals surface area contributed by atoms with Gasteiger partial charge in [0.05, 0.1) is 5.02 Å². The number of pyridine rings is 1. The number of nitrogen functional groups attached to an aromatic ring is 1. The van der Waals surface area contributed by atoms with Crippen molar-refractivity contribution in [3.05, 3.63) is 64.3 Å². The largest absolute Gasteiger partial charge is 0.454 e. The maximum atomic E-state index is 7.36. The van der Waals surface area contributed by atoms with Crippen molar-refractivity contribution >= 4 is 29.0 Å². The van der Waals surface area contributed by atoms with E-state index in [0.717, 1.165) is 5.56 Å². The molecule has 1 aromatic carbocycles. The summed E-state index contributed by atoms with van der Waals surface area (Å²) < 4.78 is 5.80. The lowest BCUT2D eigenvalue weighted by Gasteiger charge is -2.02. The lowest BCUT2D eigenvalue weighted by molar-refractivity contribution is 0.595. The molecule has 22 heavy (non-hydrogen) atoms. The first-order chi connectivity index (χ1) is 10.5. The summed E-state index contributed by atoms with van der Waals surface area (Å²) >= 11 is 12.1. The zero-order valence-corrected chi connectivity index (χ0v) is 12.8. The zero-order valence-electron chi connectivity index (χ0n) is 11.3. The Hall–Kier alpha value is -2.30. The van der Waals surface area contributed by atoms with Crippen LogP contribution in [-0.4, -0.2) is 10.8 Å². The molecule has 0 unspecified atom stereocenters. The van der Waals surface area contributed by atoms with Gasteiger partial charge >= 0.3 is 0 Å². The average molecular weight is 332 g/mol. The molecule has 2 heterocycles. The summed E-state index contributed by atoms with van der Waals surface area (Å²) in [6.07, 6.45) is 1.54. The molecule has 0 amide bonds. The maximum Gasteiger partial charge on any atom is 0.153 e. The van der Waals surface area contributed by atoms with Crippen LogP contribution in [-0.2, 0) is 0 Å². The van der Waals surface area contributed by atoms with Crippen LogP contribution >= 0.6 is 23.2 Å². The Morgan fingerprint density at radius 1 is 1.05 bits per heavy atom. The molecule has 0 aliphatic carbocycles. The first-order valence-electron chi connectivity index (χ1n) is 6.40. The number of nitrogens with two attached hydrogens (primary N) is 1. The third-order valence-corrected chi connectivity index (χ3v) is 3.68. The molecular formula is C16H11Cl2N3O. The number of hydrogen-bond acceptors (Lipinski definition) is 3. The van der Waals surface area contributed by atoms with Crippen molar-refractivity contribution in [1.82, 2.24) is 4.98 Å². The lowest BCUT2D eigenvalue weighted by Crippen LogP contribution is -2.11. The van der Waals surface area contributed by atoms with Gasteiger partial charge in [0.15, 0.2) is 5.76 Å². The van der Waals surface area contributed by atoms with Gasteiger partial charge in [0.25, 0.3) is 0 Å². The fraction of sp³-hybridized carbons (Fsp3) is 0. The van der Waals surface area contributed by atoms with Crippen molar-refractivity contribution in [2.45, 2.75) is 0 Å². The molecule has 110 valence electrons. The Balaban J connectivity index is 1.95. The molecule has 0 spiro atoms. The SMILES string of the molecule is N=C(N)c1ccc(-c2ccc(-c3ccc(Cl)cc3Cl)o2)nc1. The predicted molar refractivity (Wildman–Crippen MR) is 88.4 cm³/mol. The Bertz CT molecular complexity index is 841. The number of rotatable bonds is 3. The molecule has 0 saturated carbocycles. The van der Waals surface area contributed by atoms with E-state index in [2.05, 4.69) is 4.98 Å². The van der Waals surface area contributed by atoms with Crippen LogP contribution < -0.4 is 5.73 Å². The van der Waals surface area contributed by atoms with E-state index in [-0.39, 0.29) is 5.84 Å². The van der Waals surface area contributed by atoms with E-state index < -0.39 is 0 Å². The number of halogens is 2. The van der Waals surface area contributed by atoms with Crippen LogP contribution in [0.5, 0.6) is 0 Å². The van der Waals surface area contributed by atoms with Crippen LogP contribution in [0.1, 0.15) is 5.56 Å². The number of benzene rings is 1. The molecule has 0 atom stereocenters. The highest BCUT2D eigenvalue weighted by Gasteiger charge is 2.11. The Labute approximate surface area is 137 Å². The normalized spacial score (nSPS) is 10.6. The molecule has 0 radical (unpaired) electrons. The second-order valence-corrected chi connectivity index (χ2v) is 5.48. The van der Waals surface area contributed by atoms with E-state index in [1.165, 1.54) is 6.20 Å². The third kappa shape index (κ3) is 2.84. The molecule has 4 nitrogen and oxygen atoms in total. The van der Waals surface area contributed by atoms with Crippen LogP contribution in [0.4, 0.5) is 0 Å². The zero-order chi connectivity index (χ0) is 15.7. The fourth-order valence-electron chi connectivity index (χ4n) is 2.01. The second kappa shape index (κ2) is 5.83. The summed E-state index contributed by atoms with van der Waals surface area (Å²) in [5.41, 5.74) is 7.39. The fourth-order valence-corrected chi connectivity index (χ4v) is 2.51. The van der Waals surface area contributed by atoms with Gasteiger partial charge in [0, 0.05) is 22.3 Å². The van der Waals surface area contributed by atoms with Crippen LogP contribution in [0.3, 0.4) is 0 Å². The summed E-state index contributed by atoms with van der Waals surface area (Å²) in [6.45, 7) is 0. The summed E-state index contributed by atoms with van der Waals surface area (Å²) in [7, 11) is 0. The summed E-state index contributed by atoms with van der Waals surface area (Å²) in [5.74, 6) is 1.22. The Morgan fingerprint density at radius 2 is 1.82 bits per heavy atom. The van der Waals surface area contributed by atoms with Gasteiger partial charge < -0.3 is 10.2 Å². The van der Waals surface area contributed by atoms with E-state index >= 15 is 0 Å². The van der Waals surface area contributed by atoms with Gasteiger partial charge in [-0.2, -0.15) is 0 Å². The smallest absolute Gasteiger partial charge is 0.153 e. The van der Waals surface area contributed by atoms with Crippen LogP contribution in [0.15, 0.2) is 53.1 Å². The van der Waals surface area contributed by atoms with Gasteiger partial charge in [-0.05, 0) is 42.5 Å². The second-order valence-electron chi connectivity index (χ2n) is 4.63. The Kier molecular flexibility index (Phi) is 3.88. The molecule has 3 rings (SSSR count). The van der Waals surface area contributed by atoms with Gasteiger partial charge in [-0.15, -0.1) is 0 Å². The summed E-state index contributed by atoms with van der Waals surface area (Å²) in [5, 5.41) is 8.45. The molecule has 3 aromatic rings. The first-order valence-corrected chi connectivity index (χ1v) is 7.16. The summed E-state index contributed by atoms with van der Waals surface area (Å²) in [6, 6.07) is 12.3. The van der Waals surface area contributed by atoms with Crippen LogP contribution in [0.25, 0.3) is 22.8 Å². The molecule has 0 fully saturated rings. The first kappa shape index (κ1) is 14.6. The minimum absolute atomic E-state index is 0.0212. The number of nitrogens with one attached hydrogen (secondary N) is 1. The summed E-state index contributed by atoms with van der Waals surface area (Å²) in [4.78, 5) is 4.25. The van der Waals surface area contributed by atoms with E-state index in [4.69, 9.17) is 38.8 Å². The molecule has 0 saturated heterocycles. The molecule has 6 heteroatoms. The van der Waals surface area contributed by atoms with Crippen LogP contribution in [0, 0.1) is 5.41 Å². The average Bonchev–Trinajstić information content (AvgIpc) is 2.97. The highest BCUT2D eigenvalue weighted by molar-refractivity contribution is 6.36. The number of aromatic nitrogens is 1. The van der Waals surface area contributed by atoms with Crippen molar-refractivity contribution < 1.29 is 4.42 Å². The van der Waals surface area contributed by atoms with Gasteiger partial charge in [0.1, 0.15) is 17.3 Å². The monoisotopic (exact) mass is 331 g/mol. The van der Waals surface area contributed by atoms with Crippen molar-refractivity contribution in [3.63, 3.8) is 0 Å². The standard InChI is InChI=1S/C16H11Cl2N3O/c17-10-2-3-11(12(18)7-10)14-5-6-15(22-14)13-4-1-9(8-21-13)16(19)20/h1-8H,(H3,19,20). The Morgan fingerprint density at radius 3 is 2.45 bits per heavy atom. The number of amidine groups is 1. The van der Waals surface area contributed by atoms with Crippen LogP contribution in [0.2, 0.25) is 10.0 Å². The van der Waals surface area contributed by atoms with E-state index in [9.17, 15) is 0 Å². The topological polar surface area (TPSA) is 75.9 Å². The molecule has 0 aliphatic rings.